The predicted octanol–water partition coefficient (Wildman–Crippen LogP) is 4.25. The summed E-state index contributed by atoms with van der Waals surface area (Å²) in [6, 6.07) is 7.50. The molecule has 0 unspecified atom stereocenters. The van der Waals surface area contributed by atoms with Crippen LogP contribution in [0.2, 0.25) is 0 Å². The van der Waals surface area contributed by atoms with Crippen LogP contribution in [0, 0.1) is 5.41 Å². The van der Waals surface area contributed by atoms with Crippen LogP contribution < -0.4 is 0 Å². The molecule has 0 amide bonds. The van der Waals surface area contributed by atoms with Gasteiger partial charge in [-0.15, -0.1) is 0 Å². The molecule has 0 aliphatic rings. The van der Waals surface area contributed by atoms with Gasteiger partial charge in [-0.1, -0.05) is 48.8 Å². The molecule has 0 saturated carbocycles. The average Bonchev–Trinajstić information content (AvgIpc) is 2.54. The van der Waals surface area contributed by atoms with E-state index >= 15 is 0 Å². The highest BCUT2D eigenvalue weighted by atomic mass is 79.9. The van der Waals surface area contributed by atoms with Crippen molar-refractivity contribution in [3.05, 3.63) is 34.3 Å². The lowest BCUT2D eigenvalue weighted by atomic mass is 9.82. The van der Waals surface area contributed by atoms with Crippen molar-refractivity contribution in [1.82, 2.24) is 0 Å². The summed E-state index contributed by atoms with van der Waals surface area (Å²) in [7, 11) is 0. The topological polar surface area (TPSA) is 52.6 Å². The lowest BCUT2D eigenvalue weighted by molar-refractivity contribution is -0.174. The Morgan fingerprint density at radius 2 is 1.55 bits per heavy atom. The fourth-order valence-electron chi connectivity index (χ4n) is 2.11. The van der Waals surface area contributed by atoms with Gasteiger partial charge in [-0.25, -0.2) is 0 Å². The summed E-state index contributed by atoms with van der Waals surface area (Å²) in [5.41, 5.74) is -0.329. The third-order valence-electron chi connectivity index (χ3n) is 3.71. The molecule has 0 spiro atoms. The maximum atomic E-state index is 12.4. The minimum absolute atomic E-state index is 0.148. The molecule has 1 aromatic carbocycles. The third-order valence-corrected chi connectivity index (χ3v) is 4.24. The highest BCUT2D eigenvalue weighted by molar-refractivity contribution is 9.10. The minimum atomic E-state index is -1.20. The van der Waals surface area contributed by atoms with Gasteiger partial charge in [0.05, 0.1) is 6.61 Å². The Bertz CT molecular complexity index is 492. The monoisotopic (exact) mass is 370 g/mol. The van der Waals surface area contributed by atoms with Crippen LogP contribution in [-0.4, -0.2) is 18.5 Å². The summed E-state index contributed by atoms with van der Waals surface area (Å²) < 4.78 is 11.5. The van der Waals surface area contributed by atoms with E-state index in [1.54, 1.807) is 13.8 Å². The average molecular weight is 371 g/mol. The minimum Gasteiger partial charge on any atom is -0.465 e. The fourth-order valence-corrected chi connectivity index (χ4v) is 2.38. The van der Waals surface area contributed by atoms with Gasteiger partial charge in [0, 0.05) is 4.47 Å². The second kappa shape index (κ2) is 8.93. The van der Waals surface area contributed by atoms with Gasteiger partial charge in [0.15, 0.2) is 5.41 Å². The highest BCUT2D eigenvalue weighted by Crippen LogP contribution is 2.30. The second-order valence-electron chi connectivity index (χ2n) is 5.13. The largest absolute Gasteiger partial charge is 0.465 e. The van der Waals surface area contributed by atoms with E-state index in [9.17, 15) is 9.59 Å². The molecule has 122 valence electrons. The van der Waals surface area contributed by atoms with Crippen molar-refractivity contribution < 1.29 is 19.1 Å². The van der Waals surface area contributed by atoms with E-state index in [-0.39, 0.29) is 6.61 Å². The zero-order valence-electron chi connectivity index (χ0n) is 13.4. The van der Waals surface area contributed by atoms with E-state index in [0.29, 0.717) is 19.4 Å². The van der Waals surface area contributed by atoms with Gasteiger partial charge >= 0.3 is 11.9 Å². The molecule has 0 N–H and O–H groups in total. The van der Waals surface area contributed by atoms with Gasteiger partial charge in [-0.2, -0.15) is 0 Å². The van der Waals surface area contributed by atoms with Crippen molar-refractivity contribution >= 4 is 27.9 Å². The molecule has 4 nitrogen and oxygen atoms in total. The number of carbonyl (C=O) groups is 2. The molecular formula is C17H23BrO4. The molecule has 1 aromatic rings. The number of rotatable bonds is 8. The number of benzene rings is 1. The molecular weight excluding hydrogens is 348 g/mol. The molecule has 0 atom stereocenters. The molecule has 0 aliphatic carbocycles. The van der Waals surface area contributed by atoms with Gasteiger partial charge in [0.2, 0.25) is 0 Å². The Morgan fingerprint density at radius 3 is 2.05 bits per heavy atom. The molecule has 0 aromatic heterocycles. The number of halogens is 1. The standard InChI is InChI=1S/C17H23BrO4/c1-4-11-21-15(19)17(5-2,6-3)16(20)22-12-13-7-9-14(18)10-8-13/h7-10H,4-6,11-12H2,1-3H3. The van der Waals surface area contributed by atoms with E-state index in [0.717, 1.165) is 16.5 Å². The quantitative estimate of drug-likeness (QED) is 0.506. The van der Waals surface area contributed by atoms with Gasteiger partial charge in [-0.05, 0) is 37.0 Å². The van der Waals surface area contributed by atoms with Gasteiger partial charge in [-0.3, -0.25) is 9.59 Å². The van der Waals surface area contributed by atoms with E-state index in [1.807, 2.05) is 31.2 Å². The lowest BCUT2D eigenvalue weighted by Gasteiger charge is -2.26. The van der Waals surface area contributed by atoms with Crippen LogP contribution in [0.25, 0.3) is 0 Å². The molecule has 0 saturated heterocycles. The zero-order chi connectivity index (χ0) is 16.6. The number of carbonyl (C=O) groups excluding carboxylic acids is 2. The van der Waals surface area contributed by atoms with Crippen molar-refractivity contribution in [3.63, 3.8) is 0 Å². The summed E-state index contributed by atoms with van der Waals surface area (Å²) in [5.74, 6) is -0.998. The molecule has 0 aliphatic heterocycles. The van der Waals surface area contributed by atoms with Crippen LogP contribution in [0.15, 0.2) is 28.7 Å². The summed E-state index contributed by atoms with van der Waals surface area (Å²) in [6.45, 7) is 5.99. The third kappa shape index (κ3) is 4.57. The van der Waals surface area contributed by atoms with Crippen LogP contribution in [0.4, 0.5) is 0 Å². The first-order chi connectivity index (χ1) is 10.5. The smallest absolute Gasteiger partial charge is 0.323 e. The van der Waals surface area contributed by atoms with Gasteiger partial charge in [0.1, 0.15) is 6.61 Å². The number of hydrogen-bond donors (Lipinski definition) is 0. The maximum Gasteiger partial charge on any atom is 0.323 e. The van der Waals surface area contributed by atoms with E-state index in [1.165, 1.54) is 0 Å². The summed E-state index contributed by atoms with van der Waals surface area (Å²) >= 11 is 3.35. The SMILES string of the molecule is CCCOC(=O)C(CC)(CC)C(=O)OCc1ccc(Br)cc1. The molecule has 1 rings (SSSR count). The fraction of sp³-hybridized carbons (Fsp3) is 0.529. The summed E-state index contributed by atoms with van der Waals surface area (Å²) in [6.07, 6.45) is 1.46. The van der Waals surface area contributed by atoms with E-state index < -0.39 is 17.4 Å². The molecule has 0 radical (unpaired) electrons. The van der Waals surface area contributed by atoms with Crippen LogP contribution in [0.5, 0.6) is 0 Å². The molecule has 0 bridgehead atoms. The Kier molecular flexibility index (Phi) is 7.59. The number of ether oxygens (including phenoxy) is 2. The van der Waals surface area contributed by atoms with Crippen LogP contribution in [0.3, 0.4) is 0 Å². The van der Waals surface area contributed by atoms with Crippen LogP contribution in [0.1, 0.15) is 45.6 Å². The second-order valence-corrected chi connectivity index (χ2v) is 6.04. The number of esters is 2. The van der Waals surface area contributed by atoms with Crippen molar-refractivity contribution in [2.45, 2.75) is 46.6 Å². The van der Waals surface area contributed by atoms with Crippen molar-refractivity contribution in [2.24, 2.45) is 5.41 Å². The first-order valence-corrected chi connectivity index (χ1v) is 8.38. The van der Waals surface area contributed by atoms with Crippen molar-refractivity contribution in [2.75, 3.05) is 6.61 Å². The van der Waals surface area contributed by atoms with Gasteiger partial charge in [0.25, 0.3) is 0 Å². The lowest BCUT2D eigenvalue weighted by Crippen LogP contribution is -2.41. The molecule has 0 heterocycles. The predicted molar refractivity (Wildman–Crippen MR) is 88.2 cm³/mol. The maximum absolute atomic E-state index is 12.4. The molecule has 0 fully saturated rings. The van der Waals surface area contributed by atoms with Crippen LogP contribution in [-0.2, 0) is 25.7 Å². The Labute approximate surface area is 140 Å². The van der Waals surface area contributed by atoms with Crippen molar-refractivity contribution in [1.29, 1.82) is 0 Å². The number of hydrogen-bond acceptors (Lipinski definition) is 4. The zero-order valence-corrected chi connectivity index (χ0v) is 14.9. The van der Waals surface area contributed by atoms with Crippen LogP contribution >= 0.6 is 15.9 Å². The van der Waals surface area contributed by atoms with E-state index in [2.05, 4.69) is 15.9 Å². The molecule has 22 heavy (non-hydrogen) atoms. The Morgan fingerprint density at radius 1 is 1.00 bits per heavy atom. The summed E-state index contributed by atoms with van der Waals surface area (Å²) in [5, 5.41) is 0. The van der Waals surface area contributed by atoms with Gasteiger partial charge < -0.3 is 9.47 Å². The normalized spacial score (nSPS) is 11.1. The van der Waals surface area contributed by atoms with Crippen molar-refractivity contribution in [3.8, 4) is 0 Å². The highest BCUT2D eigenvalue weighted by Gasteiger charge is 2.45. The first kappa shape index (κ1) is 18.7. The molecule has 5 heteroatoms. The van der Waals surface area contributed by atoms with E-state index in [4.69, 9.17) is 9.47 Å². The Balaban J connectivity index is 2.75. The first-order valence-electron chi connectivity index (χ1n) is 7.59. The summed E-state index contributed by atoms with van der Waals surface area (Å²) in [4.78, 5) is 24.7. The Hall–Kier alpha value is -1.36.